The molecule has 3 N–H and O–H groups in total. The van der Waals surface area contributed by atoms with Crippen LogP contribution < -0.4 is 10.6 Å². The van der Waals surface area contributed by atoms with E-state index in [1.807, 2.05) is 6.92 Å². The molecule has 1 unspecified atom stereocenters. The van der Waals surface area contributed by atoms with Gasteiger partial charge in [0.05, 0.1) is 32.5 Å². The van der Waals surface area contributed by atoms with E-state index >= 15 is 0 Å². The first-order valence-electron chi connectivity index (χ1n) is 10.7. The Balaban J connectivity index is 1.88. The molecular formula is C22H38N4O3. The van der Waals surface area contributed by atoms with Crippen molar-refractivity contribution in [2.45, 2.75) is 40.0 Å². The van der Waals surface area contributed by atoms with Crippen LogP contribution in [0.4, 0.5) is 0 Å². The third kappa shape index (κ3) is 9.58. The summed E-state index contributed by atoms with van der Waals surface area (Å²) < 4.78 is 10.9. The molecule has 0 bridgehead atoms. The van der Waals surface area contributed by atoms with E-state index in [1.165, 1.54) is 11.1 Å². The van der Waals surface area contributed by atoms with Crippen LogP contribution >= 0.6 is 0 Å². The molecule has 1 aromatic rings. The number of hydrogen-bond donors (Lipinski definition) is 3. The summed E-state index contributed by atoms with van der Waals surface area (Å²) in [5.41, 5.74) is 2.52. The van der Waals surface area contributed by atoms with E-state index in [0.717, 1.165) is 39.4 Å². The second kappa shape index (κ2) is 13.5. The molecule has 7 heteroatoms. The van der Waals surface area contributed by atoms with Gasteiger partial charge in [-0.2, -0.15) is 0 Å². The molecule has 1 atom stereocenters. The highest BCUT2D eigenvalue weighted by molar-refractivity contribution is 5.79. The maximum atomic E-state index is 10.1. The average Bonchev–Trinajstić information content (AvgIpc) is 2.71. The predicted molar refractivity (Wildman–Crippen MR) is 117 cm³/mol. The number of ether oxygens (including phenoxy) is 2. The summed E-state index contributed by atoms with van der Waals surface area (Å²) >= 11 is 0. The molecule has 29 heavy (non-hydrogen) atoms. The molecule has 1 fully saturated rings. The summed E-state index contributed by atoms with van der Waals surface area (Å²) in [6, 6.07) is 8.46. The van der Waals surface area contributed by atoms with Crippen LogP contribution in [0.15, 0.2) is 29.3 Å². The normalized spacial score (nSPS) is 16.8. The van der Waals surface area contributed by atoms with Gasteiger partial charge in [0.2, 0.25) is 0 Å². The molecule has 1 aliphatic heterocycles. The highest BCUT2D eigenvalue weighted by Gasteiger charge is 2.13. The first-order chi connectivity index (χ1) is 14.1. The van der Waals surface area contributed by atoms with Crippen LogP contribution in [0.5, 0.6) is 0 Å². The van der Waals surface area contributed by atoms with Crippen LogP contribution in [0.3, 0.4) is 0 Å². The summed E-state index contributed by atoms with van der Waals surface area (Å²) in [7, 11) is 0. The summed E-state index contributed by atoms with van der Waals surface area (Å²) in [6.45, 7) is 13.4. The van der Waals surface area contributed by atoms with Gasteiger partial charge in [-0.3, -0.25) is 4.90 Å². The maximum Gasteiger partial charge on any atom is 0.191 e. The predicted octanol–water partition coefficient (Wildman–Crippen LogP) is 1.61. The summed E-state index contributed by atoms with van der Waals surface area (Å²) in [6.07, 6.45) is -0.564. The third-order valence-corrected chi connectivity index (χ3v) is 4.63. The van der Waals surface area contributed by atoms with Gasteiger partial charge in [0.25, 0.3) is 0 Å². The van der Waals surface area contributed by atoms with Crippen molar-refractivity contribution >= 4 is 5.96 Å². The molecule has 1 heterocycles. The van der Waals surface area contributed by atoms with Crippen LogP contribution in [-0.4, -0.2) is 74.7 Å². The average molecular weight is 407 g/mol. The summed E-state index contributed by atoms with van der Waals surface area (Å²) in [5, 5.41) is 16.6. The fourth-order valence-corrected chi connectivity index (χ4v) is 3.09. The summed E-state index contributed by atoms with van der Waals surface area (Å²) in [5.74, 6) is 1.17. The van der Waals surface area contributed by atoms with Crippen molar-refractivity contribution in [2.24, 2.45) is 10.9 Å². The van der Waals surface area contributed by atoms with Crippen LogP contribution in [-0.2, 0) is 22.6 Å². The van der Waals surface area contributed by atoms with Gasteiger partial charge in [0.1, 0.15) is 0 Å². The van der Waals surface area contributed by atoms with Crippen LogP contribution in [0, 0.1) is 5.92 Å². The molecular weight excluding hydrogens is 368 g/mol. The van der Waals surface area contributed by atoms with Crippen LogP contribution in [0.2, 0.25) is 0 Å². The first-order valence-corrected chi connectivity index (χ1v) is 10.7. The minimum atomic E-state index is -0.564. The molecule has 0 saturated carbocycles. The van der Waals surface area contributed by atoms with Gasteiger partial charge in [0.15, 0.2) is 5.96 Å². The number of nitrogens with one attached hydrogen (secondary N) is 2. The van der Waals surface area contributed by atoms with Gasteiger partial charge in [-0.1, -0.05) is 38.1 Å². The second-order valence-corrected chi connectivity index (χ2v) is 7.82. The van der Waals surface area contributed by atoms with Crippen molar-refractivity contribution in [3.8, 4) is 0 Å². The number of morpholine rings is 1. The third-order valence-electron chi connectivity index (χ3n) is 4.63. The van der Waals surface area contributed by atoms with E-state index in [-0.39, 0.29) is 0 Å². The topological polar surface area (TPSA) is 78.4 Å². The molecule has 164 valence electrons. The second-order valence-electron chi connectivity index (χ2n) is 7.82. The number of rotatable bonds is 11. The molecule has 7 nitrogen and oxygen atoms in total. The van der Waals surface area contributed by atoms with E-state index < -0.39 is 6.10 Å². The fraction of sp³-hybridized carbons (Fsp3) is 0.682. The minimum absolute atomic E-state index is 0.326. The maximum absolute atomic E-state index is 10.1. The van der Waals surface area contributed by atoms with Gasteiger partial charge >= 0.3 is 0 Å². The Kier molecular flexibility index (Phi) is 11.0. The van der Waals surface area contributed by atoms with Crippen molar-refractivity contribution in [1.82, 2.24) is 15.5 Å². The highest BCUT2D eigenvalue weighted by atomic mass is 16.5. The largest absolute Gasteiger partial charge is 0.389 e. The van der Waals surface area contributed by atoms with E-state index in [1.54, 1.807) is 0 Å². The zero-order valence-electron chi connectivity index (χ0n) is 18.2. The molecule has 2 rings (SSSR count). The Morgan fingerprint density at radius 2 is 1.90 bits per heavy atom. The van der Waals surface area contributed by atoms with Gasteiger partial charge < -0.3 is 25.2 Å². The zero-order chi connectivity index (χ0) is 20.9. The number of aliphatic hydroxyl groups excluding tert-OH is 1. The Labute approximate surface area is 175 Å². The first kappa shape index (κ1) is 23.6. The quantitative estimate of drug-likeness (QED) is 0.383. The van der Waals surface area contributed by atoms with Crippen LogP contribution in [0.25, 0.3) is 0 Å². The number of hydrogen-bond acceptors (Lipinski definition) is 5. The highest BCUT2D eigenvalue weighted by Crippen LogP contribution is 2.14. The zero-order valence-corrected chi connectivity index (χ0v) is 18.2. The van der Waals surface area contributed by atoms with Crippen molar-refractivity contribution < 1.29 is 14.6 Å². The van der Waals surface area contributed by atoms with Crippen LogP contribution in [0.1, 0.15) is 31.9 Å². The lowest BCUT2D eigenvalue weighted by Gasteiger charge is -2.27. The number of aliphatic hydroxyl groups is 1. The fourth-order valence-electron chi connectivity index (χ4n) is 3.09. The Morgan fingerprint density at radius 3 is 2.59 bits per heavy atom. The lowest BCUT2D eigenvalue weighted by atomic mass is 10.1. The molecule has 0 aromatic heterocycles. The van der Waals surface area contributed by atoms with Gasteiger partial charge in [-0.25, -0.2) is 4.99 Å². The molecule has 0 radical (unpaired) electrons. The van der Waals surface area contributed by atoms with Crippen molar-refractivity contribution in [1.29, 1.82) is 0 Å². The number of nitrogens with zero attached hydrogens (tertiary/aromatic N) is 2. The monoisotopic (exact) mass is 406 g/mol. The molecule has 1 aliphatic rings. The van der Waals surface area contributed by atoms with E-state index in [2.05, 4.69) is 53.6 Å². The Hall–Kier alpha value is -1.67. The van der Waals surface area contributed by atoms with Gasteiger partial charge in [0, 0.05) is 39.3 Å². The molecule has 1 aromatic carbocycles. The lowest BCUT2D eigenvalue weighted by molar-refractivity contribution is 0.0280. The molecule has 0 amide bonds. The number of guanidine groups is 1. The molecule has 1 saturated heterocycles. The van der Waals surface area contributed by atoms with Crippen molar-refractivity contribution in [2.75, 3.05) is 52.6 Å². The Bertz CT molecular complexity index is 603. The number of benzene rings is 1. The van der Waals surface area contributed by atoms with Gasteiger partial charge in [-0.05, 0) is 24.0 Å². The molecule has 0 spiro atoms. The van der Waals surface area contributed by atoms with E-state index in [9.17, 15) is 5.11 Å². The smallest absolute Gasteiger partial charge is 0.191 e. The number of aliphatic imine (C=N–C) groups is 1. The SMILES string of the molecule is CCNC(=NCc1ccccc1CN1CCOCC1)NCC(O)COCC(C)C. The van der Waals surface area contributed by atoms with Crippen molar-refractivity contribution in [3.63, 3.8) is 0 Å². The Morgan fingerprint density at radius 1 is 1.17 bits per heavy atom. The molecule has 0 aliphatic carbocycles. The standard InChI is InChI=1S/C22H38N4O3/c1-4-23-22(25-14-21(27)17-29-16-18(2)3)24-13-19-7-5-6-8-20(19)15-26-9-11-28-12-10-26/h5-8,18,21,27H,4,9-17H2,1-3H3,(H2,23,24,25). The minimum Gasteiger partial charge on any atom is -0.389 e. The lowest BCUT2D eigenvalue weighted by Crippen LogP contribution is -2.42. The van der Waals surface area contributed by atoms with E-state index in [0.29, 0.717) is 38.2 Å². The van der Waals surface area contributed by atoms with Gasteiger partial charge in [-0.15, -0.1) is 0 Å². The van der Waals surface area contributed by atoms with E-state index in [4.69, 9.17) is 14.5 Å². The summed E-state index contributed by atoms with van der Waals surface area (Å²) in [4.78, 5) is 7.14. The van der Waals surface area contributed by atoms with Crippen molar-refractivity contribution in [3.05, 3.63) is 35.4 Å².